The van der Waals surface area contributed by atoms with Crippen LogP contribution < -0.4 is 10.6 Å². The fraction of sp³-hybridized carbons (Fsp3) is 0.231. The highest BCUT2D eigenvalue weighted by Crippen LogP contribution is 2.25. The van der Waals surface area contributed by atoms with E-state index in [-0.39, 0.29) is 24.9 Å². The van der Waals surface area contributed by atoms with Crippen LogP contribution in [0, 0.1) is 6.92 Å². The minimum absolute atomic E-state index is 0. The Bertz CT molecular complexity index is 642. The summed E-state index contributed by atoms with van der Waals surface area (Å²) in [5, 5.41) is 10.9. The van der Waals surface area contributed by atoms with Crippen molar-refractivity contribution in [2.45, 2.75) is 6.92 Å². The van der Waals surface area contributed by atoms with Gasteiger partial charge in [0.1, 0.15) is 0 Å². The monoisotopic (exact) mass is 348 g/mol. The van der Waals surface area contributed by atoms with Gasteiger partial charge in [-0.3, -0.25) is 4.79 Å². The zero-order valence-electron chi connectivity index (χ0n) is 11.5. The van der Waals surface area contributed by atoms with Crippen LogP contribution in [0.5, 0.6) is 0 Å². The van der Waals surface area contributed by atoms with E-state index in [1.807, 2.05) is 6.92 Å². The Morgan fingerprint density at radius 1 is 1.33 bits per heavy atom. The molecule has 2 aromatic rings. The Morgan fingerprint density at radius 2 is 2.05 bits per heavy atom. The van der Waals surface area contributed by atoms with Crippen LogP contribution >= 0.6 is 35.6 Å². The minimum Gasteiger partial charge on any atom is -0.311 e. The molecular weight excluding hydrogens is 335 g/mol. The van der Waals surface area contributed by atoms with Gasteiger partial charge >= 0.3 is 0 Å². The number of likely N-dealkylation sites (N-methyl/N-ethyl adjacent to an activating group) is 1. The molecule has 1 amide bonds. The number of nitrogens with zero attached hydrogens (tertiary/aromatic N) is 2. The molecule has 1 aromatic carbocycles. The van der Waals surface area contributed by atoms with Gasteiger partial charge in [-0.15, -0.1) is 17.5 Å². The van der Waals surface area contributed by atoms with E-state index in [0.717, 1.165) is 5.69 Å². The third-order valence-electron chi connectivity index (χ3n) is 2.63. The fourth-order valence-electron chi connectivity index (χ4n) is 1.78. The van der Waals surface area contributed by atoms with Crippen molar-refractivity contribution in [3.8, 4) is 5.69 Å². The zero-order valence-corrected chi connectivity index (χ0v) is 13.8. The van der Waals surface area contributed by atoms with Crippen LogP contribution in [-0.2, 0) is 4.79 Å². The molecule has 0 saturated heterocycles. The lowest BCUT2D eigenvalue weighted by atomic mass is 10.3. The van der Waals surface area contributed by atoms with E-state index >= 15 is 0 Å². The van der Waals surface area contributed by atoms with Gasteiger partial charge in [0.2, 0.25) is 5.91 Å². The molecule has 8 heteroatoms. The van der Waals surface area contributed by atoms with Crippen molar-refractivity contribution in [2.24, 2.45) is 0 Å². The van der Waals surface area contributed by atoms with E-state index in [1.165, 1.54) is 0 Å². The topological polar surface area (TPSA) is 59.0 Å². The molecule has 0 unspecified atom stereocenters. The summed E-state index contributed by atoms with van der Waals surface area (Å²) in [6, 6.07) is 6.95. The van der Waals surface area contributed by atoms with Gasteiger partial charge in [0, 0.05) is 16.8 Å². The summed E-state index contributed by atoms with van der Waals surface area (Å²) < 4.78 is 1.66. The third kappa shape index (κ3) is 4.35. The first-order valence-corrected chi connectivity index (χ1v) is 6.73. The van der Waals surface area contributed by atoms with Gasteiger partial charge in [0.15, 0.2) is 5.82 Å². The molecule has 0 atom stereocenters. The molecule has 114 valence electrons. The summed E-state index contributed by atoms with van der Waals surface area (Å²) in [6.45, 7) is 2.11. The van der Waals surface area contributed by atoms with Crippen LogP contribution in [0.3, 0.4) is 0 Å². The van der Waals surface area contributed by atoms with Gasteiger partial charge in [-0.2, -0.15) is 0 Å². The third-order valence-corrected chi connectivity index (χ3v) is 3.17. The second kappa shape index (κ2) is 7.66. The quantitative estimate of drug-likeness (QED) is 0.892. The van der Waals surface area contributed by atoms with Crippen molar-refractivity contribution in [3.63, 3.8) is 0 Å². The number of carbonyl (C=O) groups excluding carboxylic acids is 1. The maximum atomic E-state index is 11.5. The van der Waals surface area contributed by atoms with Crippen LogP contribution in [0.25, 0.3) is 5.69 Å². The maximum Gasteiger partial charge on any atom is 0.239 e. The molecule has 0 fully saturated rings. The average Bonchev–Trinajstić information content (AvgIpc) is 2.70. The van der Waals surface area contributed by atoms with E-state index in [9.17, 15) is 4.79 Å². The van der Waals surface area contributed by atoms with Gasteiger partial charge in [-0.05, 0) is 32.2 Å². The van der Waals surface area contributed by atoms with Gasteiger partial charge in [-0.1, -0.05) is 23.2 Å². The van der Waals surface area contributed by atoms with Crippen LogP contribution in [0.4, 0.5) is 5.82 Å². The molecule has 0 radical (unpaired) electrons. The van der Waals surface area contributed by atoms with Crippen LogP contribution in [0.2, 0.25) is 10.0 Å². The number of amides is 1. The molecule has 0 aliphatic carbocycles. The Balaban J connectivity index is 0.00000220. The van der Waals surface area contributed by atoms with Gasteiger partial charge < -0.3 is 10.6 Å². The minimum atomic E-state index is -0.153. The van der Waals surface area contributed by atoms with E-state index in [0.29, 0.717) is 21.6 Å². The normalized spacial score (nSPS) is 10.1. The summed E-state index contributed by atoms with van der Waals surface area (Å²) >= 11 is 12.0. The van der Waals surface area contributed by atoms with Gasteiger partial charge in [0.05, 0.1) is 17.3 Å². The number of aryl methyl sites for hydroxylation is 1. The number of halogens is 3. The summed E-state index contributed by atoms with van der Waals surface area (Å²) in [4.78, 5) is 11.5. The highest BCUT2D eigenvalue weighted by atomic mass is 35.5. The molecule has 0 saturated carbocycles. The van der Waals surface area contributed by atoms with Crippen molar-refractivity contribution in [1.82, 2.24) is 15.1 Å². The lowest BCUT2D eigenvalue weighted by Gasteiger charge is -2.06. The fourth-order valence-corrected chi connectivity index (χ4v) is 2.27. The van der Waals surface area contributed by atoms with Crippen molar-refractivity contribution in [3.05, 3.63) is 40.0 Å². The number of anilines is 1. The SMILES string of the molecule is CNCC(=O)Nc1cc(C)n(-c2ccc(Cl)cc2Cl)n1.Cl. The second-order valence-electron chi connectivity index (χ2n) is 4.26. The van der Waals surface area contributed by atoms with E-state index in [1.54, 1.807) is 36.0 Å². The number of rotatable bonds is 4. The molecule has 0 aliphatic rings. The smallest absolute Gasteiger partial charge is 0.239 e. The van der Waals surface area contributed by atoms with E-state index in [4.69, 9.17) is 23.2 Å². The highest BCUT2D eigenvalue weighted by molar-refractivity contribution is 6.35. The second-order valence-corrected chi connectivity index (χ2v) is 5.10. The Morgan fingerprint density at radius 3 is 2.67 bits per heavy atom. The summed E-state index contributed by atoms with van der Waals surface area (Å²) in [5.74, 6) is 0.327. The Hall–Kier alpha value is -1.27. The van der Waals surface area contributed by atoms with E-state index in [2.05, 4.69) is 15.7 Å². The Labute approximate surface area is 139 Å². The van der Waals surface area contributed by atoms with Gasteiger partial charge in [0.25, 0.3) is 0 Å². The molecule has 0 spiro atoms. The summed E-state index contributed by atoms with van der Waals surface area (Å²) in [7, 11) is 1.71. The molecule has 5 nitrogen and oxygen atoms in total. The average molecular weight is 350 g/mol. The van der Waals surface area contributed by atoms with Crippen molar-refractivity contribution < 1.29 is 4.79 Å². The zero-order chi connectivity index (χ0) is 14.7. The summed E-state index contributed by atoms with van der Waals surface area (Å²) in [5.41, 5.74) is 1.57. The Kier molecular flexibility index (Phi) is 6.48. The number of benzene rings is 1. The number of hydrogen-bond acceptors (Lipinski definition) is 3. The molecule has 2 rings (SSSR count). The van der Waals surface area contributed by atoms with Crippen molar-refractivity contribution in [1.29, 1.82) is 0 Å². The molecular formula is C13H15Cl3N4O. The molecule has 1 aromatic heterocycles. The summed E-state index contributed by atoms with van der Waals surface area (Å²) in [6.07, 6.45) is 0. The molecule has 0 bridgehead atoms. The highest BCUT2D eigenvalue weighted by Gasteiger charge is 2.11. The van der Waals surface area contributed by atoms with Gasteiger partial charge in [-0.25, -0.2) is 4.68 Å². The number of aromatic nitrogens is 2. The first-order valence-electron chi connectivity index (χ1n) is 5.98. The molecule has 2 N–H and O–H groups in total. The van der Waals surface area contributed by atoms with E-state index < -0.39 is 0 Å². The van der Waals surface area contributed by atoms with Crippen LogP contribution in [0.15, 0.2) is 24.3 Å². The van der Waals surface area contributed by atoms with Crippen molar-refractivity contribution >= 4 is 47.3 Å². The largest absolute Gasteiger partial charge is 0.311 e. The predicted molar refractivity (Wildman–Crippen MR) is 88.1 cm³/mol. The van der Waals surface area contributed by atoms with Crippen LogP contribution in [-0.4, -0.2) is 29.3 Å². The number of nitrogens with one attached hydrogen (secondary N) is 2. The predicted octanol–water partition coefficient (Wildman–Crippen LogP) is 3.07. The first kappa shape index (κ1) is 17.8. The van der Waals surface area contributed by atoms with Crippen molar-refractivity contribution in [2.75, 3.05) is 18.9 Å². The lowest BCUT2D eigenvalue weighted by molar-refractivity contribution is -0.115. The standard InChI is InChI=1S/C13H14Cl2N4O.ClH/c1-8-5-12(17-13(20)7-16-2)18-19(8)11-4-3-9(14)6-10(11)15;/h3-6,16H,7H2,1-2H3,(H,17,18,20);1H. The number of carbonyl (C=O) groups is 1. The molecule has 1 heterocycles. The lowest BCUT2D eigenvalue weighted by Crippen LogP contribution is -2.25. The number of hydrogen-bond donors (Lipinski definition) is 2. The van der Waals surface area contributed by atoms with Crippen LogP contribution in [0.1, 0.15) is 5.69 Å². The first-order chi connectivity index (χ1) is 9.51. The maximum absolute atomic E-state index is 11.5. The molecule has 0 aliphatic heterocycles. The molecule has 21 heavy (non-hydrogen) atoms.